The lowest BCUT2D eigenvalue weighted by Gasteiger charge is -2.31. The molecule has 1 aromatic heterocycles. The highest BCUT2D eigenvalue weighted by Crippen LogP contribution is 2.35. The Bertz CT molecular complexity index is 1080. The van der Waals surface area contributed by atoms with Gasteiger partial charge in [-0.05, 0) is 41.8 Å². The summed E-state index contributed by atoms with van der Waals surface area (Å²) in [6.45, 7) is 3.00. The Morgan fingerprint density at radius 3 is 2.68 bits per heavy atom. The zero-order valence-electron chi connectivity index (χ0n) is 15.6. The predicted octanol–water partition coefficient (Wildman–Crippen LogP) is 3.73. The molecule has 0 aliphatic carbocycles. The molecule has 2 aromatic carbocycles. The van der Waals surface area contributed by atoms with Crippen LogP contribution in [0.25, 0.3) is 11.0 Å². The fourth-order valence-corrected chi connectivity index (χ4v) is 3.64. The zero-order chi connectivity index (χ0) is 19.7. The lowest BCUT2D eigenvalue weighted by atomic mass is 10.0. The number of carboxylic acid groups (broad SMARTS) is 1. The first kappa shape index (κ1) is 18.1. The van der Waals surface area contributed by atoms with Gasteiger partial charge in [0.25, 0.3) is 0 Å². The first-order valence-corrected chi connectivity index (χ1v) is 9.32. The summed E-state index contributed by atoms with van der Waals surface area (Å²) in [6.07, 6.45) is 1.76. The van der Waals surface area contributed by atoms with Crippen molar-refractivity contribution in [3.05, 3.63) is 69.6 Å². The first-order valence-electron chi connectivity index (χ1n) is 9.32. The molecule has 0 saturated carbocycles. The standard InChI is InChI=1S/C22H21NO5/c1-2-3-15-11-21(26)28-22-17(15)8-9-19-18(22)12-23(13-27-19)16-6-4-14(5-7-16)10-20(24)25/h4-9,11H,2-3,10,12-13H2,1H3,(H,24,25). The number of hydrogen-bond acceptors (Lipinski definition) is 5. The SMILES string of the molecule is CCCc1cc(=O)oc2c3c(ccc12)OCN(c1ccc(CC(=O)O)cc1)C3. The number of benzene rings is 2. The minimum Gasteiger partial charge on any atom is -0.481 e. The summed E-state index contributed by atoms with van der Waals surface area (Å²) < 4.78 is 11.5. The average Bonchev–Trinajstić information content (AvgIpc) is 2.68. The van der Waals surface area contributed by atoms with Crippen LogP contribution < -0.4 is 15.3 Å². The second-order valence-electron chi connectivity index (χ2n) is 6.97. The van der Waals surface area contributed by atoms with Gasteiger partial charge >= 0.3 is 11.6 Å². The highest BCUT2D eigenvalue weighted by atomic mass is 16.5. The Kier molecular flexibility index (Phi) is 4.77. The van der Waals surface area contributed by atoms with Crippen molar-refractivity contribution in [3.63, 3.8) is 0 Å². The molecule has 0 unspecified atom stereocenters. The van der Waals surface area contributed by atoms with Crippen molar-refractivity contribution in [2.75, 3.05) is 11.6 Å². The van der Waals surface area contributed by atoms with Gasteiger partial charge in [-0.1, -0.05) is 25.5 Å². The molecule has 0 radical (unpaired) electrons. The fraction of sp³-hybridized carbons (Fsp3) is 0.273. The van der Waals surface area contributed by atoms with E-state index in [0.717, 1.165) is 46.4 Å². The third-order valence-electron chi connectivity index (χ3n) is 4.96. The minimum absolute atomic E-state index is 0.00435. The van der Waals surface area contributed by atoms with E-state index in [2.05, 4.69) is 6.92 Å². The summed E-state index contributed by atoms with van der Waals surface area (Å²) in [4.78, 5) is 25.0. The van der Waals surface area contributed by atoms with Gasteiger partial charge in [0, 0.05) is 17.1 Å². The molecule has 0 amide bonds. The van der Waals surface area contributed by atoms with E-state index in [0.29, 0.717) is 18.9 Å². The lowest BCUT2D eigenvalue weighted by Crippen LogP contribution is -2.32. The van der Waals surface area contributed by atoms with Gasteiger partial charge < -0.3 is 19.2 Å². The summed E-state index contributed by atoms with van der Waals surface area (Å²) >= 11 is 0. The van der Waals surface area contributed by atoms with E-state index in [4.69, 9.17) is 14.3 Å². The molecule has 0 saturated heterocycles. The van der Waals surface area contributed by atoms with E-state index < -0.39 is 5.97 Å². The van der Waals surface area contributed by atoms with E-state index >= 15 is 0 Å². The summed E-state index contributed by atoms with van der Waals surface area (Å²) in [5.74, 6) is -0.129. The van der Waals surface area contributed by atoms with Gasteiger partial charge in [-0.3, -0.25) is 4.79 Å². The molecule has 0 atom stereocenters. The van der Waals surface area contributed by atoms with Crippen molar-refractivity contribution in [2.24, 2.45) is 0 Å². The van der Waals surface area contributed by atoms with Crippen LogP contribution in [0.2, 0.25) is 0 Å². The Hall–Kier alpha value is -3.28. The summed E-state index contributed by atoms with van der Waals surface area (Å²) in [5.41, 5.74) is 3.75. The van der Waals surface area contributed by atoms with Crippen LogP contribution in [0, 0.1) is 0 Å². The smallest absolute Gasteiger partial charge is 0.336 e. The molecule has 28 heavy (non-hydrogen) atoms. The van der Waals surface area contributed by atoms with Gasteiger partial charge in [-0.15, -0.1) is 0 Å². The average molecular weight is 379 g/mol. The summed E-state index contributed by atoms with van der Waals surface area (Å²) in [7, 11) is 0. The Morgan fingerprint density at radius 2 is 1.96 bits per heavy atom. The van der Waals surface area contributed by atoms with E-state index in [1.165, 1.54) is 0 Å². The quantitative estimate of drug-likeness (QED) is 0.681. The molecule has 2 heterocycles. The number of anilines is 1. The number of carbonyl (C=O) groups is 1. The van der Waals surface area contributed by atoms with Gasteiger partial charge in [-0.2, -0.15) is 0 Å². The molecule has 6 heteroatoms. The number of rotatable bonds is 5. The van der Waals surface area contributed by atoms with Crippen molar-refractivity contribution in [1.82, 2.24) is 0 Å². The number of aliphatic carboxylic acids is 1. The predicted molar refractivity (Wildman–Crippen MR) is 106 cm³/mol. The zero-order valence-corrected chi connectivity index (χ0v) is 15.6. The van der Waals surface area contributed by atoms with Gasteiger partial charge in [0.15, 0.2) is 6.73 Å². The molecule has 6 nitrogen and oxygen atoms in total. The van der Waals surface area contributed by atoms with Crippen molar-refractivity contribution in [3.8, 4) is 5.75 Å². The van der Waals surface area contributed by atoms with Crippen LogP contribution in [0.5, 0.6) is 5.75 Å². The molecule has 1 N–H and O–H groups in total. The topological polar surface area (TPSA) is 80.0 Å². The largest absolute Gasteiger partial charge is 0.481 e. The molecule has 3 aromatic rings. The Balaban J connectivity index is 1.70. The van der Waals surface area contributed by atoms with E-state index in [9.17, 15) is 9.59 Å². The van der Waals surface area contributed by atoms with Crippen LogP contribution in [0.1, 0.15) is 30.0 Å². The van der Waals surface area contributed by atoms with E-state index in [1.54, 1.807) is 6.07 Å². The van der Waals surface area contributed by atoms with Crippen LogP contribution in [0.4, 0.5) is 5.69 Å². The van der Waals surface area contributed by atoms with Crippen molar-refractivity contribution in [1.29, 1.82) is 0 Å². The first-order chi connectivity index (χ1) is 13.5. The summed E-state index contributed by atoms with van der Waals surface area (Å²) in [5, 5.41) is 9.86. The number of nitrogens with zero attached hydrogens (tertiary/aromatic N) is 1. The van der Waals surface area contributed by atoms with Crippen LogP contribution in [0.3, 0.4) is 0 Å². The molecule has 0 bridgehead atoms. The minimum atomic E-state index is -0.854. The number of carboxylic acids is 1. The Labute approximate surface area is 162 Å². The molecule has 0 spiro atoms. The number of ether oxygens (including phenoxy) is 1. The van der Waals surface area contributed by atoms with Crippen molar-refractivity contribution >= 4 is 22.6 Å². The van der Waals surface area contributed by atoms with Gasteiger partial charge in [0.1, 0.15) is 11.3 Å². The fourth-order valence-electron chi connectivity index (χ4n) is 3.64. The number of hydrogen-bond donors (Lipinski definition) is 1. The van der Waals surface area contributed by atoms with E-state index in [-0.39, 0.29) is 12.0 Å². The van der Waals surface area contributed by atoms with Crippen LogP contribution in [-0.4, -0.2) is 17.8 Å². The Morgan fingerprint density at radius 1 is 1.18 bits per heavy atom. The lowest BCUT2D eigenvalue weighted by molar-refractivity contribution is -0.136. The maximum absolute atomic E-state index is 12.1. The monoisotopic (exact) mass is 379 g/mol. The van der Waals surface area contributed by atoms with Crippen molar-refractivity contribution in [2.45, 2.75) is 32.7 Å². The summed E-state index contributed by atoms with van der Waals surface area (Å²) in [6, 6.07) is 12.8. The third-order valence-corrected chi connectivity index (χ3v) is 4.96. The second kappa shape index (κ2) is 7.38. The normalized spacial score (nSPS) is 13.2. The number of fused-ring (bicyclic) bond motifs is 3. The molecular formula is C22H21NO5. The highest BCUT2D eigenvalue weighted by Gasteiger charge is 2.22. The molecule has 1 aliphatic rings. The van der Waals surface area contributed by atoms with Gasteiger partial charge in [0.2, 0.25) is 0 Å². The third kappa shape index (κ3) is 3.45. The molecule has 4 rings (SSSR count). The van der Waals surface area contributed by atoms with Crippen LogP contribution in [-0.2, 0) is 24.2 Å². The molecule has 0 fully saturated rings. The second-order valence-corrected chi connectivity index (χ2v) is 6.97. The molecule has 144 valence electrons. The van der Waals surface area contributed by atoms with E-state index in [1.807, 2.05) is 41.3 Å². The van der Waals surface area contributed by atoms with Crippen LogP contribution >= 0.6 is 0 Å². The highest BCUT2D eigenvalue weighted by molar-refractivity contribution is 5.85. The molecule has 1 aliphatic heterocycles. The van der Waals surface area contributed by atoms with Gasteiger partial charge in [-0.25, -0.2) is 4.79 Å². The maximum atomic E-state index is 12.1. The van der Waals surface area contributed by atoms with Crippen LogP contribution in [0.15, 0.2) is 51.7 Å². The van der Waals surface area contributed by atoms with Gasteiger partial charge in [0.05, 0.1) is 18.5 Å². The maximum Gasteiger partial charge on any atom is 0.336 e. The molecular weight excluding hydrogens is 358 g/mol. The van der Waals surface area contributed by atoms with Crippen molar-refractivity contribution < 1.29 is 19.1 Å². The number of aryl methyl sites for hydroxylation is 1.